The van der Waals surface area contributed by atoms with E-state index in [1.165, 1.54) is 19.3 Å². The second kappa shape index (κ2) is 2.85. The highest BCUT2D eigenvalue weighted by atomic mass is 14.9. The van der Waals surface area contributed by atoms with E-state index in [2.05, 4.69) is 9.97 Å². The first-order chi connectivity index (χ1) is 5.75. The lowest BCUT2D eigenvalue weighted by Gasteiger charge is -2.23. The first-order valence-corrected chi connectivity index (χ1v) is 4.58. The Morgan fingerprint density at radius 2 is 1.75 bits per heavy atom. The number of aromatic nitrogens is 2. The van der Waals surface area contributed by atoms with Gasteiger partial charge in [-0.2, -0.15) is 0 Å². The smallest absolute Gasteiger partial charge is 0.131 e. The lowest BCUT2D eigenvalue weighted by molar-refractivity contribution is 0.400. The van der Waals surface area contributed by atoms with Crippen LogP contribution in [-0.2, 0) is 0 Å². The summed E-state index contributed by atoms with van der Waals surface area (Å²) in [5.41, 5.74) is 2.20. The van der Waals surface area contributed by atoms with Crippen LogP contribution >= 0.6 is 0 Å². The molecule has 1 fully saturated rings. The summed E-state index contributed by atoms with van der Waals surface area (Å²) in [4.78, 5) is 8.89. The van der Waals surface area contributed by atoms with Crippen LogP contribution in [0.25, 0.3) is 0 Å². The van der Waals surface area contributed by atoms with E-state index in [9.17, 15) is 0 Å². The maximum Gasteiger partial charge on any atom is 0.131 e. The molecule has 1 aliphatic rings. The summed E-state index contributed by atoms with van der Waals surface area (Å²) < 4.78 is 0. The summed E-state index contributed by atoms with van der Waals surface area (Å²) in [6.45, 7) is 4.08. The van der Waals surface area contributed by atoms with Gasteiger partial charge in [0.25, 0.3) is 0 Å². The van der Waals surface area contributed by atoms with Gasteiger partial charge in [0.2, 0.25) is 0 Å². The summed E-state index contributed by atoms with van der Waals surface area (Å²) in [6, 6.07) is 2.03. The van der Waals surface area contributed by atoms with Crippen LogP contribution in [0.5, 0.6) is 0 Å². The quantitative estimate of drug-likeness (QED) is 0.633. The van der Waals surface area contributed by atoms with Crippen molar-refractivity contribution in [3.63, 3.8) is 0 Å². The van der Waals surface area contributed by atoms with E-state index in [1.54, 1.807) is 0 Å². The highest BCUT2D eigenvalue weighted by Gasteiger charge is 2.22. The molecular formula is C10H14N2. The largest absolute Gasteiger partial charge is 0.238 e. The number of hydrogen-bond donors (Lipinski definition) is 0. The van der Waals surface area contributed by atoms with Crippen molar-refractivity contribution in [2.45, 2.75) is 39.0 Å². The predicted octanol–water partition coefficient (Wildman–Crippen LogP) is 2.36. The Hall–Kier alpha value is -0.920. The monoisotopic (exact) mass is 162 g/mol. The fourth-order valence-corrected chi connectivity index (χ4v) is 1.60. The van der Waals surface area contributed by atoms with Crippen LogP contribution < -0.4 is 0 Å². The normalized spacial score (nSPS) is 17.5. The summed E-state index contributed by atoms with van der Waals surface area (Å²) in [6.07, 6.45) is 3.91. The third kappa shape index (κ3) is 1.33. The minimum atomic E-state index is 0.656. The molecule has 64 valence electrons. The molecular weight excluding hydrogens is 148 g/mol. The van der Waals surface area contributed by atoms with Crippen LogP contribution in [0.3, 0.4) is 0 Å². The van der Waals surface area contributed by atoms with Crippen LogP contribution in [0.1, 0.15) is 42.4 Å². The topological polar surface area (TPSA) is 25.8 Å². The molecule has 1 aromatic rings. The second-order valence-electron chi connectivity index (χ2n) is 3.64. The Morgan fingerprint density at radius 3 is 2.17 bits per heavy atom. The minimum absolute atomic E-state index is 0.656. The molecule has 0 saturated heterocycles. The molecule has 0 atom stereocenters. The van der Waals surface area contributed by atoms with Gasteiger partial charge in [-0.15, -0.1) is 0 Å². The second-order valence-corrected chi connectivity index (χ2v) is 3.64. The summed E-state index contributed by atoms with van der Waals surface area (Å²) in [7, 11) is 0. The maximum atomic E-state index is 4.44. The van der Waals surface area contributed by atoms with E-state index in [1.807, 2.05) is 19.9 Å². The Morgan fingerprint density at radius 1 is 1.17 bits per heavy atom. The van der Waals surface area contributed by atoms with Crippen molar-refractivity contribution in [3.8, 4) is 0 Å². The molecule has 0 aliphatic heterocycles. The zero-order chi connectivity index (χ0) is 8.55. The van der Waals surface area contributed by atoms with Crippen molar-refractivity contribution in [1.29, 1.82) is 0 Å². The van der Waals surface area contributed by atoms with E-state index in [0.29, 0.717) is 5.92 Å². The van der Waals surface area contributed by atoms with Crippen LogP contribution in [0.4, 0.5) is 0 Å². The molecule has 0 aromatic carbocycles. The third-order valence-electron chi connectivity index (χ3n) is 2.47. The molecule has 0 spiro atoms. The Balaban J connectivity index is 2.30. The van der Waals surface area contributed by atoms with Crippen LogP contribution in [0.2, 0.25) is 0 Å². The van der Waals surface area contributed by atoms with Crippen molar-refractivity contribution in [1.82, 2.24) is 9.97 Å². The predicted molar refractivity (Wildman–Crippen MR) is 48.1 cm³/mol. The van der Waals surface area contributed by atoms with Gasteiger partial charge < -0.3 is 0 Å². The molecule has 0 amide bonds. The molecule has 1 aliphatic carbocycles. The highest BCUT2D eigenvalue weighted by Crippen LogP contribution is 2.34. The van der Waals surface area contributed by atoms with E-state index >= 15 is 0 Å². The molecule has 0 bridgehead atoms. The summed E-state index contributed by atoms with van der Waals surface area (Å²) >= 11 is 0. The molecule has 0 unspecified atom stereocenters. The minimum Gasteiger partial charge on any atom is -0.238 e. The van der Waals surface area contributed by atoms with Gasteiger partial charge in [0.15, 0.2) is 0 Å². The van der Waals surface area contributed by atoms with Crippen molar-refractivity contribution in [3.05, 3.63) is 23.3 Å². The van der Waals surface area contributed by atoms with Gasteiger partial charge in [0, 0.05) is 17.3 Å². The van der Waals surface area contributed by atoms with Gasteiger partial charge in [-0.3, -0.25) is 0 Å². The maximum absolute atomic E-state index is 4.44. The lowest BCUT2D eigenvalue weighted by atomic mass is 9.85. The fraction of sp³-hybridized carbons (Fsp3) is 0.600. The number of rotatable bonds is 1. The van der Waals surface area contributed by atoms with E-state index in [4.69, 9.17) is 0 Å². The molecule has 2 heteroatoms. The van der Waals surface area contributed by atoms with Gasteiger partial charge >= 0.3 is 0 Å². The fourth-order valence-electron chi connectivity index (χ4n) is 1.60. The number of aryl methyl sites for hydroxylation is 2. The van der Waals surface area contributed by atoms with Gasteiger partial charge in [-0.25, -0.2) is 9.97 Å². The molecule has 1 saturated carbocycles. The first kappa shape index (κ1) is 7.71. The van der Waals surface area contributed by atoms with Crippen molar-refractivity contribution < 1.29 is 0 Å². The standard InChI is InChI=1S/C10H14N2/c1-7-6-8(2)12-10(11-7)9-4-3-5-9/h6,9H,3-5H2,1-2H3. The van der Waals surface area contributed by atoms with E-state index in [-0.39, 0.29) is 0 Å². The van der Waals surface area contributed by atoms with E-state index < -0.39 is 0 Å². The Kier molecular flexibility index (Phi) is 1.83. The number of nitrogens with zero attached hydrogens (tertiary/aromatic N) is 2. The van der Waals surface area contributed by atoms with Crippen LogP contribution in [0, 0.1) is 13.8 Å². The summed E-state index contributed by atoms with van der Waals surface area (Å²) in [5, 5.41) is 0. The molecule has 1 aromatic heterocycles. The zero-order valence-electron chi connectivity index (χ0n) is 7.67. The van der Waals surface area contributed by atoms with Crippen LogP contribution in [0.15, 0.2) is 6.07 Å². The summed E-state index contributed by atoms with van der Waals surface area (Å²) in [5.74, 6) is 1.72. The molecule has 1 heterocycles. The molecule has 0 N–H and O–H groups in total. The average Bonchev–Trinajstić information content (AvgIpc) is 1.79. The van der Waals surface area contributed by atoms with E-state index in [0.717, 1.165) is 17.2 Å². The van der Waals surface area contributed by atoms with Gasteiger partial charge in [0.1, 0.15) is 5.82 Å². The Bertz CT molecular complexity index is 270. The molecule has 12 heavy (non-hydrogen) atoms. The lowest BCUT2D eigenvalue weighted by Crippen LogP contribution is -2.13. The molecule has 0 radical (unpaired) electrons. The average molecular weight is 162 g/mol. The first-order valence-electron chi connectivity index (χ1n) is 4.58. The SMILES string of the molecule is Cc1cc(C)nc(C2CCC2)n1. The Labute approximate surface area is 73.1 Å². The molecule has 2 rings (SSSR count). The van der Waals surface area contributed by atoms with Crippen molar-refractivity contribution in [2.75, 3.05) is 0 Å². The third-order valence-corrected chi connectivity index (χ3v) is 2.47. The zero-order valence-corrected chi connectivity index (χ0v) is 7.67. The highest BCUT2D eigenvalue weighted by molar-refractivity contribution is 5.12. The van der Waals surface area contributed by atoms with Gasteiger partial charge in [0.05, 0.1) is 0 Å². The number of hydrogen-bond acceptors (Lipinski definition) is 2. The molecule has 2 nitrogen and oxygen atoms in total. The van der Waals surface area contributed by atoms with Gasteiger partial charge in [-0.05, 0) is 32.8 Å². The van der Waals surface area contributed by atoms with Crippen LogP contribution in [-0.4, -0.2) is 9.97 Å². The van der Waals surface area contributed by atoms with Crippen molar-refractivity contribution >= 4 is 0 Å². The van der Waals surface area contributed by atoms with Crippen molar-refractivity contribution in [2.24, 2.45) is 0 Å². The van der Waals surface area contributed by atoms with Gasteiger partial charge in [-0.1, -0.05) is 6.42 Å².